The minimum absolute atomic E-state index is 0.0457. The highest BCUT2D eigenvalue weighted by molar-refractivity contribution is 6.34. The second-order valence-corrected chi connectivity index (χ2v) is 10.3. The number of rotatable bonds is 9. The van der Waals surface area contributed by atoms with Crippen LogP contribution in [0.1, 0.15) is 83.7 Å². The average Bonchev–Trinajstić information content (AvgIpc) is 3.63. The Bertz CT molecular complexity index is 998. The first-order valence-electron chi connectivity index (χ1n) is 12.3. The summed E-state index contributed by atoms with van der Waals surface area (Å²) < 4.78 is 14.1. The van der Waals surface area contributed by atoms with E-state index < -0.39 is 17.3 Å². The highest BCUT2D eigenvalue weighted by atomic mass is 35.5. The number of aliphatic hydroxyl groups is 1. The summed E-state index contributed by atoms with van der Waals surface area (Å²) in [4.78, 5) is 25.4. The molecule has 2 rings (SSSR count). The van der Waals surface area contributed by atoms with Crippen LogP contribution in [0.3, 0.4) is 0 Å². The zero-order chi connectivity index (χ0) is 27.1. The van der Waals surface area contributed by atoms with Gasteiger partial charge in [-0.1, -0.05) is 58.0 Å². The number of Topliss-reactive ketones (excluding diaryl/α,β-unsaturated/α-hetero) is 1. The molecule has 4 nitrogen and oxygen atoms in total. The molecule has 1 amide bonds. The van der Waals surface area contributed by atoms with Crippen molar-refractivity contribution in [2.45, 2.75) is 80.3 Å². The molecule has 0 bridgehead atoms. The van der Waals surface area contributed by atoms with Gasteiger partial charge in [-0.15, -0.1) is 0 Å². The van der Waals surface area contributed by atoms with Crippen LogP contribution in [0, 0.1) is 30.5 Å². The summed E-state index contributed by atoms with van der Waals surface area (Å²) >= 11 is 6.11. The van der Waals surface area contributed by atoms with Crippen LogP contribution in [0.5, 0.6) is 0 Å². The van der Waals surface area contributed by atoms with Crippen molar-refractivity contribution in [1.29, 1.82) is 0 Å². The normalized spacial score (nSPS) is 15.6. The van der Waals surface area contributed by atoms with Crippen LogP contribution >= 0.6 is 11.6 Å². The number of carbonyl (C=O) groups is 2. The van der Waals surface area contributed by atoms with Gasteiger partial charge < -0.3 is 10.4 Å². The molecule has 0 saturated heterocycles. The number of hydrogen-bond donors (Lipinski definition) is 2. The Morgan fingerprint density at radius 3 is 2.23 bits per heavy atom. The van der Waals surface area contributed by atoms with Crippen molar-refractivity contribution in [1.82, 2.24) is 5.32 Å². The first kappa shape index (κ1) is 30.8. The Balaban J connectivity index is 0.000000566. The van der Waals surface area contributed by atoms with E-state index in [1.165, 1.54) is 31.1 Å². The molecule has 0 spiro atoms. The Labute approximate surface area is 215 Å². The number of halogens is 2. The molecule has 1 atom stereocenters. The maximum absolute atomic E-state index is 14.1. The first-order valence-corrected chi connectivity index (χ1v) is 12.6. The molecule has 35 heavy (non-hydrogen) atoms. The van der Waals surface area contributed by atoms with Crippen molar-refractivity contribution in [2.24, 2.45) is 17.8 Å². The Kier molecular flexibility index (Phi) is 11.6. The molecule has 1 saturated carbocycles. The molecular formula is C29H41ClFNO3. The largest absolute Gasteiger partial charge is 0.390 e. The lowest BCUT2D eigenvalue weighted by Crippen LogP contribution is -2.29. The lowest BCUT2D eigenvalue weighted by molar-refractivity contribution is -0.118. The van der Waals surface area contributed by atoms with Crippen LogP contribution in [-0.4, -0.2) is 22.4 Å². The minimum Gasteiger partial charge on any atom is -0.390 e. The summed E-state index contributed by atoms with van der Waals surface area (Å²) in [5, 5.41) is 12.2. The van der Waals surface area contributed by atoms with Gasteiger partial charge in [0, 0.05) is 11.5 Å². The van der Waals surface area contributed by atoms with Gasteiger partial charge in [0.15, 0.2) is 5.78 Å². The lowest BCUT2D eigenvalue weighted by Gasteiger charge is -2.25. The van der Waals surface area contributed by atoms with E-state index in [1.807, 2.05) is 33.8 Å². The topological polar surface area (TPSA) is 66.4 Å². The maximum atomic E-state index is 14.1. The van der Waals surface area contributed by atoms with Gasteiger partial charge in [-0.05, 0) is 82.1 Å². The molecular weight excluding hydrogens is 465 g/mol. The SMILES string of the molecule is C=C/C(NC(=O)c1c(F)ccc(C)c1Cl)=C(C(=O)C(C)C)\C(=C/C)CC.CC(C1CC1)C(C)(C)O. The number of carbonyl (C=O) groups excluding carboxylic acids is 2. The van der Waals surface area contributed by atoms with Crippen molar-refractivity contribution in [3.63, 3.8) is 0 Å². The molecule has 0 heterocycles. The number of aryl methyl sites for hydroxylation is 1. The van der Waals surface area contributed by atoms with Crippen molar-refractivity contribution in [2.75, 3.05) is 0 Å². The fraction of sp³-hybridized carbons (Fsp3) is 0.517. The molecule has 6 heteroatoms. The molecule has 1 aromatic rings. The van der Waals surface area contributed by atoms with Crippen LogP contribution in [0.25, 0.3) is 0 Å². The van der Waals surface area contributed by atoms with Gasteiger partial charge in [-0.2, -0.15) is 0 Å². The maximum Gasteiger partial charge on any atom is 0.260 e. The van der Waals surface area contributed by atoms with Gasteiger partial charge in [-0.3, -0.25) is 9.59 Å². The zero-order valence-electron chi connectivity index (χ0n) is 22.4. The fourth-order valence-electron chi connectivity index (χ4n) is 3.72. The second-order valence-electron chi connectivity index (χ2n) is 9.97. The monoisotopic (exact) mass is 505 g/mol. The standard InChI is InChI=1S/C21H25ClFNO2.C8H16O/c1-7-14(8-2)17(20(25)12(4)5)16(9-3)24-21(26)18-15(23)11-10-13(6)19(18)22;1-6(7-4-5-7)8(2,3)9/h7,9-12H,3,8H2,1-2,4-6H3,(H,24,26);6-7,9H,4-5H2,1-3H3/b14-7-,17-16-;. The minimum atomic E-state index is -0.722. The van der Waals surface area contributed by atoms with Crippen molar-refractivity contribution in [3.8, 4) is 0 Å². The lowest BCUT2D eigenvalue weighted by atomic mass is 9.89. The number of amides is 1. The van der Waals surface area contributed by atoms with Gasteiger partial charge >= 0.3 is 0 Å². The first-order chi connectivity index (χ1) is 16.2. The molecule has 1 aromatic carbocycles. The summed E-state index contributed by atoms with van der Waals surface area (Å²) in [6.07, 6.45) is 6.48. The van der Waals surface area contributed by atoms with Crippen LogP contribution in [-0.2, 0) is 4.79 Å². The van der Waals surface area contributed by atoms with Gasteiger partial charge in [0.25, 0.3) is 5.91 Å². The molecule has 1 unspecified atom stereocenters. The number of benzene rings is 1. The Morgan fingerprint density at radius 1 is 1.29 bits per heavy atom. The zero-order valence-corrected chi connectivity index (χ0v) is 23.1. The van der Waals surface area contributed by atoms with E-state index in [0.717, 1.165) is 11.5 Å². The van der Waals surface area contributed by atoms with E-state index in [4.69, 9.17) is 11.6 Å². The predicted octanol–water partition coefficient (Wildman–Crippen LogP) is 7.34. The second kappa shape index (κ2) is 13.2. The average molecular weight is 506 g/mol. The van der Waals surface area contributed by atoms with Gasteiger partial charge in [0.2, 0.25) is 0 Å². The molecule has 1 fully saturated rings. The smallest absolute Gasteiger partial charge is 0.260 e. The highest BCUT2D eigenvalue weighted by Gasteiger charge is 2.36. The molecule has 0 aromatic heterocycles. The van der Waals surface area contributed by atoms with Gasteiger partial charge in [0.1, 0.15) is 5.82 Å². The third kappa shape index (κ3) is 8.43. The number of ketones is 1. The van der Waals surface area contributed by atoms with Crippen LogP contribution in [0.2, 0.25) is 5.02 Å². The van der Waals surface area contributed by atoms with E-state index in [2.05, 4.69) is 18.8 Å². The summed E-state index contributed by atoms with van der Waals surface area (Å²) in [5.74, 6) is -0.530. The summed E-state index contributed by atoms with van der Waals surface area (Å²) in [6, 6.07) is 2.69. The molecule has 1 aliphatic rings. The van der Waals surface area contributed by atoms with E-state index >= 15 is 0 Å². The quantitative estimate of drug-likeness (QED) is 0.272. The van der Waals surface area contributed by atoms with Crippen molar-refractivity contribution >= 4 is 23.3 Å². The molecule has 194 valence electrons. The van der Waals surface area contributed by atoms with Gasteiger partial charge in [-0.25, -0.2) is 4.39 Å². The van der Waals surface area contributed by atoms with E-state index in [0.29, 0.717) is 23.5 Å². The van der Waals surface area contributed by atoms with Crippen LogP contribution < -0.4 is 5.32 Å². The summed E-state index contributed by atoms with van der Waals surface area (Å²) in [6.45, 7) is 18.6. The van der Waals surface area contributed by atoms with Crippen molar-refractivity contribution in [3.05, 3.63) is 69.7 Å². The van der Waals surface area contributed by atoms with E-state index in [-0.39, 0.29) is 28.0 Å². The molecule has 0 radical (unpaired) electrons. The third-order valence-corrected chi connectivity index (χ3v) is 6.98. The van der Waals surface area contributed by atoms with Gasteiger partial charge in [0.05, 0.1) is 21.9 Å². The fourth-order valence-corrected chi connectivity index (χ4v) is 3.96. The predicted molar refractivity (Wildman–Crippen MR) is 143 cm³/mol. The number of hydrogen-bond acceptors (Lipinski definition) is 3. The van der Waals surface area contributed by atoms with E-state index in [1.54, 1.807) is 20.8 Å². The number of nitrogens with one attached hydrogen (secondary N) is 1. The van der Waals surface area contributed by atoms with Crippen LogP contribution in [0.4, 0.5) is 4.39 Å². The summed E-state index contributed by atoms with van der Waals surface area (Å²) in [5.41, 5.74) is 1.30. The Morgan fingerprint density at radius 2 is 1.86 bits per heavy atom. The Hall–Kier alpha value is -2.24. The molecule has 0 aliphatic heterocycles. The molecule has 1 aliphatic carbocycles. The van der Waals surface area contributed by atoms with Crippen LogP contribution in [0.15, 0.2) is 47.7 Å². The third-order valence-electron chi connectivity index (χ3n) is 6.50. The molecule has 2 N–H and O–H groups in total. The highest BCUT2D eigenvalue weighted by Crippen LogP contribution is 2.41. The van der Waals surface area contributed by atoms with Crippen molar-refractivity contribution < 1.29 is 19.1 Å². The number of allylic oxidation sites excluding steroid dienone is 4. The summed E-state index contributed by atoms with van der Waals surface area (Å²) in [7, 11) is 0. The van der Waals surface area contributed by atoms with E-state index in [9.17, 15) is 19.1 Å².